The largest absolute Gasteiger partial charge is 0.388 e. The molecule has 0 aromatic rings. The number of hydrogen-bond acceptors (Lipinski definition) is 1. The first-order valence-electron chi connectivity index (χ1n) is 0.816. The van der Waals surface area contributed by atoms with Crippen molar-refractivity contribution in [2.75, 3.05) is 14.2 Å². The van der Waals surface area contributed by atoms with Gasteiger partial charge in [0, 0.05) is 22.6 Å². The van der Waals surface area contributed by atoms with E-state index >= 15 is 0 Å². The molecular weight excluding hydrogens is 82.9 g/mol. The first-order valence-corrected chi connectivity index (χ1v) is 0.816. The number of methoxy groups -OCH3 is 1. The van der Waals surface area contributed by atoms with Gasteiger partial charge in [-0.25, -0.2) is 0 Å². The normalized spacial score (nSPS) is 3.60. The number of hydrogen-bond donors (Lipinski definition) is 0. The van der Waals surface area contributed by atoms with Gasteiger partial charge in [0.25, 0.3) is 0 Å². The van der Waals surface area contributed by atoms with Crippen LogP contribution >= 0.6 is 13.5 Å². The smallest absolute Gasteiger partial charge is 0.0351 e. The predicted octanol–water partition coefficient (Wildman–Crippen LogP) is -0.00540. The summed E-state index contributed by atoms with van der Waals surface area (Å²) < 4.78 is 4.25. The van der Waals surface area contributed by atoms with Crippen molar-refractivity contribution in [1.29, 1.82) is 0 Å². The van der Waals surface area contributed by atoms with Crippen LogP contribution < -0.4 is 0 Å². The summed E-state index contributed by atoms with van der Waals surface area (Å²) in [6, 6.07) is 0. The molecule has 0 atom stereocenters. The molecule has 5 heavy (non-hydrogen) atoms. The Morgan fingerprint density at radius 2 is 1.20 bits per heavy atom. The van der Waals surface area contributed by atoms with Crippen LogP contribution in [0.5, 0.6) is 0 Å². The fourth-order valence-electron chi connectivity index (χ4n) is 0. The molecule has 3 radical (unpaired) electrons. The van der Waals surface area contributed by atoms with Crippen molar-refractivity contribution in [3.05, 3.63) is 0 Å². The Balaban J connectivity index is -0.0000000200. The third kappa shape index (κ3) is 176. The molecular formula is C2H8BOS. The lowest BCUT2D eigenvalue weighted by atomic mass is 10.8. The summed E-state index contributed by atoms with van der Waals surface area (Å²) in [5, 5.41) is 0. The van der Waals surface area contributed by atoms with Gasteiger partial charge in [-0.1, -0.05) is 0 Å². The fraction of sp³-hybridized carbons (Fsp3) is 1.00. The molecule has 0 rings (SSSR count). The Hall–Kier alpha value is 0.375. The van der Waals surface area contributed by atoms with E-state index in [-0.39, 0.29) is 21.9 Å². The standard InChI is InChI=1S/C2H6O.B.H2S/c1-3-2;;/h1-2H3;;1H2. The first-order chi connectivity index (χ1) is 1.41. The second-order valence-corrected chi connectivity index (χ2v) is 0.408. The van der Waals surface area contributed by atoms with Gasteiger partial charge >= 0.3 is 0 Å². The highest BCUT2D eigenvalue weighted by Gasteiger charge is 1.25. The zero-order valence-electron chi connectivity index (χ0n) is 3.49. The van der Waals surface area contributed by atoms with E-state index in [1.165, 1.54) is 0 Å². The van der Waals surface area contributed by atoms with Crippen LogP contribution in [0.1, 0.15) is 0 Å². The third-order valence-corrected chi connectivity index (χ3v) is 0. The maximum atomic E-state index is 4.25. The van der Waals surface area contributed by atoms with Gasteiger partial charge in [0.2, 0.25) is 0 Å². The van der Waals surface area contributed by atoms with Crippen LogP contribution in [0.4, 0.5) is 0 Å². The maximum Gasteiger partial charge on any atom is 0.0351 e. The lowest BCUT2D eigenvalue weighted by Gasteiger charge is -1.61. The summed E-state index contributed by atoms with van der Waals surface area (Å²) in [5.74, 6) is 0. The van der Waals surface area contributed by atoms with E-state index in [4.69, 9.17) is 0 Å². The molecule has 0 spiro atoms. The van der Waals surface area contributed by atoms with Gasteiger partial charge in [0.15, 0.2) is 0 Å². The van der Waals surface area contributed by atoms with Crippen LogP contribution in [0.25, 0.3) is 0 Å². The Bertz CT molecular complexity index is 9.61. The van der Waals surface area contributed by atoms with Crippen LogP contribution in [-0.2, 0) is 4.74 Å². The van der Waals surface area contributed by atoms with Gasteiger partial charge in [-0.2, -0.15) is 13.5 Å². The Morgan fingerprint density at radius 3 is 1.20 bits per heavy atom. The number of rotatable bonds is 0. The van der Waals surface area contributed by atoms with E-state index in [1.807, 2.05) is 0 Å². The highest BCUT2D eigenvalue weighted by Crippen LogP contribution is 1.28. The van der Waals surface area contributed by atoms with Crippen LogP contribution in [0.15, 0.2) is 0 Å². The SMILES string of the molecule is COC.S.[B]. The van der Waals surface area contributed by atoms with Gasteiger partial charge in [0.1, 0.15) is 0 Å². The molecule has 0 fully saturated rings. The van der Waals surface area contributed by atoms with Crippen LogP contribution in [0.2, 0.25) is 0 Å². The first kappa shape index (κ1) is 18.2. The molecule has 0 aliphatic heterocycles. The minimum atomic E-state index is 0. The molecule has 3 heteroatoms. The van der Waals surface area contributed by atoms with Gasteiger partial charge in [-0.05, 0) is 0 Å². The zero-order chi connectivity index (χ0) is 2.71. The average molecular weight is 91.0 g/mol. The Kier molecular flexibility index (Phi) is 96.2. The van der Waals surface area contributed by atoms with Crippen molar-refractivity contribution in [1.82, 2.24) is 0 Å². The molecule has 0 heterocycles. The molecule has 1 nitrogen and oxygen atoms in total. The van der Waals surface area contributed by atoms with Crippen LogP contribution in [-0.4, -0.2) is 22.6 Å². The fourth-order valence-corrected chi connectivity index (χ4v) is 0. The van der Waals surface area contributed by atoms with E-state index in [1.54, 1.807) is 14.2 Å². The zero-order valence-corrected chi connectivity index (χ0v) is 4.49. The molecule has 0 aromatic carbocycles. The van der Waals surface area contributed by atoms with Gasteiger partial charge in [-0.3, -0.25) is 0 Å². The average Bonchev–Trinajstić information content (AvgIpc) is 0.918. The summed E-state index contributed by atoms with van der Waals surface area (Å²) in [5.41, 5.74) is 0. The maximum absolute atomic E-state index is 4.25. The summed E-state index contributed by atoms with van der Waals surface area (Å²) in [4.78, 5) is 0. The molecule has 0 saturated carbocycles. The van der Waals surface area contributed by atoms with Gasteiger partial charge < -0.3 is 4.74 Å². The number of ether oxygens (including phenoxy) is 1. The van der Waals surface area contributed by atoms with Gasteiger partial charge in [-0.15, -0.1) is 0 Å². The quantitative estimate of drug-likeness (QED) is 0.381. The van der Waals surface area contributed by atoms with Crippen LogP contribution in [0, 0.1) is 0 Å². The molecule has 0 bridgehead atoms. The van der Waals surface area contributed by atoms with Crippen molar-refractivity contribution < 1.29 is 4.74 Å². The second kappa shape index (κ2) is 26.4. The minimum Gasteiger partial charge on any atom is -0.388 e. The Labute approximate surface area is 41.7 Å². The molecule has 0 aliphatic carbocycles. The van der Waals surface area contributed by atoms with Crippen molar-refractivity contribution in [2.45, 2.75) is 0 Å². The van der Waals surface area contributed by atoms with Crippen LogP contribution in [0.3, 0.4) is 0 Å². The van der Waals surface area contributed by atoms with Crippen molar-refractivity contribution in [3.8, 4) is 0 Å². The van der Waals surface area contributed by atoms with Crippen molar-refractivity contribution in [3.63, 3.8) is 0 Å². The molecule has 0 aromatic heterocycles. The molecule has 31 valence electrons. The monoisotopic (exact) mass is 91.0 g/mol. The van der Waals surface area contributed by atoms with E-state index in [0.29, 0.717) is 0 Å². The lowest BCUT2D eigenvalue weighted by molar-refractivity contribution is 0.277. The molecule has 0 unspecified atom stereocenters. The Morgan fingerprint density at radius 1 is 1.20 bits per heavy atom. The van der Waals surface area contributed by atoms with E-state index in [2.05, 4.69) is 4.74 Å². The molecule has 0 saturated heterocycles. The molecule has 0 aliphatic rings. The van der Waals surface area contributed by atoms with Crippen molar-refractivity contribution in [2.24, 2.45) is 0 Å². The summed E-state index contributed by atoms with van der Waals surface area (Å²) in [6.07, 6.45) is 0. The van der Waals surface area contributed by atoms with Crippen molar-refractivity contribution >= 4 is 21.9 Å². The van der Waals surface area contributed by atoms with Gasteiger partial charge in [0.05, 0.1) is 0 Å². The second-order valence-electron chi connectivity index (χ2n) is 0.408. The van der Waals surface area contributed by atoms with E-state index in [0.717, 1.165) is 0 Å². The summed E-state index contributed by atoms with van der Waals surface area (Å²) in [7, 11) is 3.25. The highest BCUT2D eigenvalue weighted by atomic mass is 32.1. The highest BCUT2D eigenvalue weighted by molar-refractivity contribution is 7.59. The minimum absolute atomic E-state index is 0. The molecule has 0 N–H and O–H groups in total. The summed E-state index contributed by atoms with van der Waals surface area (Å²) in [6.45, 7) is 0. The predicted molar refractivity (Wildman–Crippen MR) is 29.1 cm³/mol. The van der Waals surface area contributed by atoms with E-state index in [9.17, 15) is 0 Å². The third-order valence-electron chi connectivity index (χ3n) is 0. The van der Waals surface area contributed by atoms with E-state index < -0.39 is 0 Å². The molecule has 0 amide bonds. The topological polar surface area (TPSA) is 9.23 Å². The summed E-state index contributed by atoms with van der Waals surface area (Å²) >= 11 is 0. The lowest BCUT2D eigenvalue weighted by Crippen LogP contribution is -1.55.